The molecule has 0 bridgehead atoms. The quantitative estimate of drug-likeness (QED) is 0.631. The topological polar surface area (TPSA) is 53.4 Å². The summed E-state index contributed by atoms with van der Waals surface area (Å²) < 4.78 is 12.6. The van der Waals surface area contributed by atoms with E-state index in [1.165, 1.54) is 0 Å². The Hall–Kier alpha value is -0.870. The van der Waals surface area contributed by atoms with Gasteiger partial charge >= 0.3 is 0 Å². The van der Waals surface area contributed by atoms with E-state index in [0.29, 0.717) is 0 Å². The Bertz CT molecular complexity index is 280. The van der Waals surface area contributed by atoms with E-state index in [2.05, 4.69) is 4.98 Å². The van der Waals surface area contributed by atoms with Crippen LogP contribution in [-0.2, 0) is 6.61 Å². The van der Waals surface area contributed by atoms with Gasteiger partial charge in [-0.2, -0.15) is 0 Å². The second-order valence-corrected chi connectivity index (χ2v) is 2.24. The first kappa shape index (κ1) is 8.23. The minimum atomic E-state index is -0.769. The smallest absolute Gasteiger partial charge is 0.171 e. The normalized spacial score (nSPS) is 10.1. The monoisotopic (exact) mass is 177 g/mol. The third-order valence-corrected chi connectivity index (χ3v) is 1.41. The first-order valence-corrected chi connectivity index (χ1v) is 3.17. The molecule has 2 N–H and O–H groups in total. The number of aromatic hydroxyl groups is 1. The van der Waals surface area contributed by atoms with Crippen LogP contribution in [0, 0.1) is 5.82 Å². The third kappa shape index (κ3) is 1.58. The van der Waals surface area contributed by atoms with Crippen LogP contribution in [0.5, 0.6) is 5.75 Å². The highest BCUT2D eigenvalue weighted by atomic mass is 35.5. The van der Waals surface area contributed by atoms with Crippen molar-refractivity contribution in [3.8, 4) is 5.75 Å². The fourth-order valence-electron chi connectivity index (χ4n) is 0.603. The summed E-state index contributed by atoms with van der Waals surface area (Å²) in [6.45, 7) is -0.536. The number of hydrogen-bond donors (Lipinski definition) is 2. The van der Waals surface area contributed by atoms with E-state index in [0.717, 1.165) is 6.07 Å². The minimum Gasteiger partial charge on any atom is -0.505 e. The summed E-state index contributed by atoms with van der Waals surface area (Å²) in [5.74, 6) is -1.20. The van der Waals surface area contributed by atoms with Gasteiger partial charge in [0.05, 0.1) is 6.61 Å². The summed E-state index contributed by atoms with van der Waals surface area (Å²) in [7, 11) is 0. The highest BCUT2D eigenvalue weighted by molar-refractivity contribution is 6.30. The van der Waals surface area contributed by atoms with Crippen LogP contribution in [0.4, 0.5) is 4.39 Å². The first-order valence-electron chi connectivity index (χ1n) is 2.80. The lowest BCUT2D eigenvalue weighted by atomic mass is 10.3. The molecular weight excluding hydrogens is 173 g/mol. The summed E-state index contributed by atoms with van der Waals surface area (Å²) >= 11 is 5.33. The van der Waals surface area contributed by atoms with Crippen LogP contribution in [0.25, 0.3) is 0 Å². The number of aromatic nitrogens is 1. The van der Waals surface area contributed by atoms with Gasteiger partial charge in [0.2, 0.25) is 0 Å². The zero-order chi connectivity index (χ0) is 8.43. The predicted octanol–water partition coefficient (Wildman–Crippen LogP) is 1.07. The van der Waals surface area contributed by atoms with Crippen molar-refractivity contribution in [3.05, 3.63) is 22.7 Å². The van der Waals surface area contributed by atoms with Gasteiger partial charge in [0.15, 0.2) is 16.7 Å². The average Bonchev–Trinajstić information content (AvgIpc) is 1.97. The Morgan fingerprint density at radius 3 is 2.82 bits per heavy atom. The molecule has 60 valence electrons. The summed E-state index contributed by atoms with van der Waals surface area (Å²) in [4.78, 5) is 3.38. The molecule has 0 spiro atoms. The van der Waals surface area contributed by atoms with Gasteiger partial charge in [-0.15, -0.1) is 0 Å². The molecular formula is C6H5ClFNO2. The number of nitrogens with zero attached hydrogens (tertiary/aromatic N) is 1. The molecule has 11 heavy (non-hydrogen) atoms. The second kappa shape index (κ2) is 3.02. The number of pyridine rings is 1. The standard InChI is InChI=1S/C6H5ClFNO2/c7-6-5(11)1-3(8)4(2-10)9-6/h1,10-11H,2H2. The summed E-state index contributed by atoms with van der Waals surface area (Å²) in [5.41, 5.74) is -0.173. The summed E-state index contributed by atoms with van der Waals surface area (Å²) in [6.07, 6.45) is 0. The molecule has 0 atom stereocenters. The van der Waals surface area contributed by atoms with Gasteiger partial charge < -0.3 is 10.2 Å². The number of halogens is 2. The highest BCUT2D eigenvalue weighted by Gasteiger charge is 2.07. The fraction of sp³-hybridized carbons (Fsp3) is 0.167. The first-order chi connectivity index (χ1) is 5.15. The molecule has 1 heterocycles. The van der Waals surface area contributed by atoms with Gasteiger partial charge in [0, 0.05) is 6.07 Å². The van der Waals surface area contributed by atoms with E-state index in [1.807, 2.05) is 0 Å². The molecule has 0 amide bonds. The maximum Gasteiger partial charge on any atom is 0.171 e. The van der Waals surface area contributed by atoms with Gasteiger partial charge in [-0.3, -0.25) is 0 Å². The minimum absolute atomic E-state index is 0.173. The Morgan fingerprint density at radius 2 is 2.27 bits per heavy atom. The fourth-order valence-corrected chi connectivity index (χ4v) is 0.760. The van der Waals surface area contributed by atoms with Gasteiger partial charge in [0.25, 0.3) is 0 Å². The van der Waals surface area contributed by atoms with Crippen LogP contribution in [0.3, 0.4) is 0 Å². The van der Waals surface area contributed by atoms with Crippen molar-refractivity contribution in [2.75, 3.05) is 0 Å². The van der Waals surface area contributed by atoms with E-state index >= 15 is 0 Å². The molecule has 5 heteroatoms. The van der Waals surface area contributed by atoms with Crippen LogP contribution < -0.4 is 0 Å². The Balaban J connectivity index is 3.21. The molecule has 0 aliphatic carbocycles. The maximum absolute atomic E-state index is 12.6. The lowest BCUT2D eigenvalue weighted by Crippen LogP contribution is -1.94. The van der Waals surface area contributed by atoms with Crippen molar-refractivity contribution in [3.63, 3.8) is 0 Å². The van der Waals surface area contributed by atoms with Crippen molar-refractivity contribution in [2.45, 2.75) is 6.61 Å². The Kier molecular flexibility index (Phi) is 2.26. The highest BCUT2D eigenvalue weighted by Crippen LogP contribution is 2.22. The molecule has 0 radical (unpaired) electrons. The van der Waals surface area contributed by atoms with Crippen molar-refractivity contribution >= 4 is 11.6 Å². The number of hydrogen-bond acceptors (Lipinski definition) is 3. The largest absolute Gasteiger partial charge is 0.505 e. The lowest BCUT2D eigenvalue weighted by molar-refractivity contribution is 0.269. The zero-order valence-corrected chi connectivity index (χ0v) is 6.14. The van der Waals surface area contributed by atoms with Crippen LogP contribution in [-0.4, -0.2) is 15.2 Å². The van der Waals surface area contributed by atoms with Crippen LogP contribution in [0.15, 0.2) is 6.07 Å². The molecule has 0 aliphatic heterocycles. The van der Waals surface area contributed by atoms with Crippen LogP contribution in [0.2, 0.25) is 5.15 Å². The van der Waals surface area contributed by atoms with Gasteiger partial charge in [-0.05, 0) is 0 Å². The van der Waals surface area contributed by atoms with Crippen molar-refractivity contribution in [1.29, 1.82) is 0 Å². The molecule has 3 nitrogen and oxygen atoms in total. The third-order valence-electron chi connectivity index (χ3n) is 1.13. The molecule has 0 saturated heterocycles. The molecule has 0 saturated carbocycles. The molecule has 0 aromatic carbocycles. The van der Waals surface area contributed by atoms with Crippen molar-refractivity contribution in [2.24, 2.45) is 0 Å². The van der Waals surface area contributed by atoms with Gasteiger partial charge in [-0.25, -0.2) is 9.37 Å². The van der Waals surface area contributed by atoms with E-state index in [4.69, 9.17) is 21.8 Å². The number of aliphatic hydroxyl groups is 1. The molecule has 0 fully saturated rings. The van der Waals surface area contributed by atoms with Crippen molar-refractivity contribution in [1.82, 2.24) is 4.98 Å². The van der Waals surface area contributed by atoms with E-state index in [-0.39, 0.29) is 10.8 Å². The zero-order valence-electron chi connectivity index (χ0n) is 5.38. The Labute approximate surface area is 67.1 Å². The molecule has 0 unspecified atom stereocenters. The lowest BCUT2D eigenvalue weighted by Gasteiger charge is -1.99. The van der Waals surface area contributed by atoms with E-state index in [1.54, 1.807) is 0 Å². The van der Waals surface area contributed by atoms with Crippen LogP contribution >= 0.6 is 11.6 Å². The predicted molar refractivity (Wildman–Crippen MR) is 36.8 cm³/mol. The molecule has 1 aromatic rings. The summed E-state index contributed by atoms with van der Waals surface area (Å²) in [6, 6.07) is 0.806. The number of rotatable bonds is 1. The maximum atomic E-state index is 12.6. The Morgan fingerprint density at radius 1 is 1.64 bits per heavy atom. The average molecular weight is 178 g/mol. The van der Waals surface area contributed by atoms with Gasteiger partial charge in [0.1, 0.15) is 5.69 Å². The van der Waals surface area contributed by atoms with Crippen LogP contribution in [0.1, 0.15) is 5.69 Å². The second-order valence-electron chi connectivity index (χ2n) is 1.88. The van der Waals surface area contributed by atoms with E-state index < -0.39 is 18.2 Å². The van der Waals surface area contributed by atoms with E-state index in [9.17, 15) is 4.39 Å². The summed E-state index contributed by atoms with van der Waals surface area (Å²) in [5, 5.41) is 17.1. The molecule has 0 aliphatic rings. The molecule has 1 aromatic heterocycles. The van der Waals surface area contributed by atoms with Gasteiger partial charge in [-0.1, -0.05) is 11.6 Å². The molecule has 1 rings (SSSR count). The SMILES string of the molecule is OCc1nc(Cl)c(O)cc1F. The number of aliphatic hydroxyl groups excluding tert-OH is 1. The van der Waals surface area contributed by atoms with Crippen molar-refractivity contribution < 1.29 is 14.6 Å².